The average molecular weight is 338 g/mol. The summed E-state index contributed by atoms with van der Waals surface area (Å²) in [4.78, 5) is 25.4. The lowest BCUT2D eigenvalue weighted by Gasteiger charge is -2.23. The second-order valence-electron chi connectivity index (χ2n) is 6.61. The number of carbonyl (C=O) groups is 2. The molecule has 1 aromatic carbocycles. The van der Waals surface area contributed by atoms with Crippen LogP contribution in [0.1, 0.15) is 24.8 Å². The van der Waals surface area contributed by atoms with E-state index in [1.54, 1.807) is 0 Å². The zero-order valence-corrected chi connectivity index (χ0v) is 13.2. The number of urea groups is 1. The molecule has 2 atom stereocenters. The summed E-state index contributed by atoms with van der Waals surface area (Å²) in [5.74, 6) is -2.12. The molecule has 1 saturated heterocycles. The van der Waals surface area contributed by atoms with Gasteiger partial charge in [-0.3, -0.25) is 4.79 Å². The van der Waals surface area contributed by atoms with Crippen molar-refractivity contribution < 1.29 is 23.5 Å². The predicted molar refractivity (Wildman–Crippen MR) is 82.4 cm³/mol. The number of nitrogens with zero attached hydrogens (tertiary/aromatic N) is 1. The fourth-order valence-electron chi connectivity index (χ4n) is 3.97. The summed E-state index contributed by atoms with van der Waals surface area (Å²) < 4.78 is 27.1. The first-order valence-electron chi connectivity index (χ1n) is 8.13. The van der Waals surface area contributed by atoms with Crippen molar-refractivity contribution in [2.45, 2.75) is 25.7 Å². The van der Waals surface area contributed by atoms with Crippen LogP contribution in [0.3, 0.4) is 0 Å². The lowest BCUT2D eigenvalue weighted by atomic mass is 9.81. The third kappa shape index (κ3) is 2.83. The SMILES string of the molecule is O=C(NCCc1c(F)cccc1F)N1C[C@@H]2CCC[C@@]2(C(=O)O)C1. The number of carboxylic acids is 1. The Morgan fingerprint density at radius 2 is 2.04 bits per heavy atom. The molecule has 0 aromatic heterocycles. The van der Waals surface area contributed by atoms with E-state index in [0.717, 1.165) is 12.8 Å². The van der Waals surface area contributed by atoms with E-state index in [4.69, 9.17) is 0 Å². The Hall–Kier alpha value is -2.18. The molecule has 0 spiro atoms. The van der Waals surface area contributed by atoms with E-state index in [2.05, 4.69) is 5.32 Å². The lowest BCUT2D eigenvalue weighted by molar-refractivity contribution is -0.149. The topological polar surface area (TPSA) is 69.6 Å². The molecule has 2 N–H and O–H groups in total. The van der Waals surface area contributed by atoms with E-state index >= 15 is 0 Å². The minimum absolute atomic E-state index is 0.00948. The Balaban J connectivity index is 1.56. The number of rotatable bonds is 4. The molecule has 1 saturated carbocycles. The van der Waals surface area contributed by atoms with Gasteiger partial charge in [0.2, 0.25) is 0 Å². The van der Waals surface area contributed by atoms with Crippen LogP contribution in [0.5, 0.6) is 0 Å². The van der Waals surface area contributed by atoms with Gasteiger partial charge in [-0.15, -0.1) is 0 Å². The van der Waals surface area contributed by atoms with Gasteiger partial charge in [0, 0.05) is 25.2 Å². The van der Waals surface area contributed by atoms with Crippen LogP contribution >= 0.6 is 0 Å². The van der Waals surface area contributed by atoms with Crippen LogP contribution in [-0.4, -0.2) is 41.6 Å². The first-order chi connectivity index (χ1) is 11.4. The fraction of sp³-hybridized carbons (Fsp3) is 0.529. The molecule has 0 bridgehead atoms. The van der Waals surface area contributed by atoms with Crippen LogP contribution in [0, 0.1) is 23.0 Å². The van der Waals surface area contributed by atoms with Crippen LogP contribution in [0.2, 0.25) is 0 Å². The Labute approximate surface area is 138 Å². The van der Waals surface area contributed by atoms with Gasteiger partial charge in [-0.05, 0) is 37.3 Å². The van der Waals surface area contributed by atoms with Crippen LogP contribution < -0.4 is 5.32 Å². The number of aliphatic carboxylic acids is 1. The third-order valence-electron chi connectivity index (χ3n) is 5.30. The van der Waals surface area contributed by atoms with Gasteiger partial charge in [-0.2, -0.15) is 0 Å². The summed E-state index contributed by atoms with van der Waals surface area (Å²) in [7, 11) is 0. The highest BCUT2D eigenvalue weighted by atomic mass is 19.1. The van der Waals surface area contributed by atoms with Crippen LogP contribution in [0.4, 0.5) is 13.6 Å². The maximum Gasteiger partial charge on any atom is 0.317 e. The number of nitrogens with one attached hydrogen (secondary N) is 1. The number of hydrogen-bond acceptors (Lipinski definition) is 2. The summed E-state index contributed by atoms with van der Waals surface area (Å²) in [6.07, 6.45) is 2.33. The van der Waals surface area contributed by atoms with Crippen molar-refractivity contribution in [3.63, 3.8) is 0 Å². The number of benzene rings is 1. The molecule has 1 aliphatic carbocycles. The Kier molecular flexibility index (Phi) is 4.43. The molecule has 1 aliphatic heterocycles. The summed E-state index contributed by atoms with van der Waals surface area (Å²) >= 11 is 0. The molecule has 5 nitrogen and oxygen atoms in total. The van der Waals surface area contributed by atoms with E-state index in [1.165, 1.54) is 23.1 Å². The molecule has 1 heterocycles. The van der Waals surface area contributed by atoms with Crippen LogP contribution in [0.25, 0.3) is 0 Å². The van der Waals surface area contributed by atoms with Gasteiger partial charge < -0.3 is 15.3 Å². The van der Waals surface area contributed by atoms with Gasteiger partial charge in [0.15, 0.2) is 0 Å². The van der Waals surface area contributed by atoms with Crippen molar-refractivity contribution in [3.8, 4) is 0 Å². The number of fused-ring (bicyclic) bond motifs is 1. The zero-order chi connectivity index (χ0) is 17.3. The molecule has 7 heteroatoms. The van der Waals surface area contributed by atoms with Gasteiger partial charge in [0.1, 0.15) is 11.6 Å². The molecular formula is C17H20F2N2O3. The Bertz CT molecular complexity index is 647. The van der Waals surface area contributed by atoms with Gasteiger partial charge in [-0.1, -0.05) is 12.5 Å². The van der Waals surface area contributed by atoms with Crippen molar-refractivity contribution in [1.82, 2.24) is 10.2 Å². The number of amides is 2. The molecule has 2 aliphatic rings. The van der Waals surface area contributed by atoms with Crippen LogP contribution in [-0.2, 0) is 11.2 Å². The van der Waals surface area contributed by atoms with E-state index < -0.39 is 23.0 Å². The number of halogens is 2. The molecule has 0 radical (unpaired) electrons. The minimum Gasteiger partial charge on any atom is -0.481 e. The monoisotopic (exact) mass is 338 g/mol. The first-order valence-corrected chi connectivity index (χ1v) is 8.13. The standard InChI is InChI=1S/C17H20F2N2O3/c18-13-4-1-5-14(19)12(13)6-8-20-16(24)21-9-11-3-2-7-17(11,10-21)15(22)23/h1,4-5,11H,2-3,6-10H2,(H,20,24)(H,22,23)/t11-,17+/m0/s1. The van der Waals surface area contributed by atoms with E-state index in [0.29, 0.717) is 13.0 Å². The van der Waals surface area contributed by atoms with Crippen molar-refractivity contribution in [3.05, 3.63) is 35.4 Å². The second kappa shape index (κ2) is 6.37. The molecule has 24 heavy (non-hydrogen) atoms. The molecule has 130 valence electrons. The zero-order valence-electron chi connectivity index (χ0n) is 13.2. The van der Waals surface area contributed by atoms with Gasteiger partial charge in [0.05, 0.1) is 5.41 Å². The van der Waals surface area contributed by atoms with Gasteiger partial charge >= 0.3 is 12.0 Å². The van der Waals surface area contributed by atoms with Crippen molar-refractivity contribution >= 4 is 12.0 Å². The number of hydrogen-bond donors (Lipinski definition) is 2. The Morgan fingerprint density at radius 3 is 2.67 bits per heavy atom. The number of carbonyl (C=O) groups excluding carboxylic acids is 1. The summed E-state index contributed by atoms with van der Waals surface area (Å²) in [5.41, 5.74) is -0.882. The van der Waals surface area contributed by atoms with Crippen molar-refractivity contribution in [2.75, 3.05) is 19.6 Å². The number of likely N-dealkylation sites (tertiary alicyclic amines) is 1. The van der Waals surface area contributed by atoms with E-state index in [9.17, 15) is 23.5 Å². The highest BCUT2D eigenvalue weighted by molar-refractivity contribution is 5.80. The maximum atomic E-state index is 13.5. The molecular weight excluding hydrogens is 318 g/mol. The first kappa shape index (κ1) is 16.7. The Morgan fingerprint density at radius 1 is 1.33 bits per heavy atom. The normalized spacial score (nSPS) is 25.6. The summed E-state index contributed by atoms with van der Waals surface area (Å²) in [5, 5.41) is 12.2. The second-order valence-corrected chi connectivity index (χ2v) is 6.61. The maximum absolute atomic E-state index is 13.5. The molecule has 3 rings (SSSR count). The van der Waals surface area contributed by atoms with E-state index in [-0.39, 0.29) is 37.0 Å². The summed E-state index contributed by atoms with van der Waals surface area (Å²) in [6, 6.07) is 3.28. The molecule has 0 unspecified atom stereocenters. The third-order valence-corrected chi connectivity index (χ3v) is 5.30. The van der Waals surface area contributed by atoms with Gasteiger partial charge in [-0.25, -0.2) is 13.6 Å². The molecule has 1 aromatic rings. The van der Waals surface area contributed by atoms with Gasteiger partial charge in [0.25, 0.3) is 0 Å². The smallest absolute Gasteiger partial charge is 0.317 e. The predicted octanol–water partition coefficient (Wildman–Crippen LogP) is 2.40. The minimum atomic E-state index is -0.839. The van der Waals surface area contributed by atoms with Crippen molar-refractivity contribution in [2.24, 2.45) is 11.3 Å². The quantitative estimate of drug-likeness (QED) is 0.886. The highest BCUT2D eigenvalue weighted by Gasteiger charge is 2.55. The molecule has 2 amide bonds. The van der Waals surface area contributed by atoms with Crippen molar-refractivity contribution in [1.29, 1.82) is 0 Å². The van der Waals surface area contributed by atoms with Crippen LogP contribution in [0.15, 0.2) is 18.2 Å². The summed E-state index contributed by atoms with van der Waals surface area (Å²) in [6.45, 7) is 0.719. The largest absolute Gasteiger partial charge is 0.481 e. The van der Waals surface area contributed by atoms with E-state index in [1.807, 2.05) is 0 Å². The highest BCUT2D eigenvalue weighted by Crippen LogP contribution is 2.48. The number of carboxylic acid groups (broad SMARTS) is 1. The lowest BCUT2D eigenvalue weighted by Crippen LogP contribution is -2.42. The fourth-order valence-corrected chi connectivity index (χ4v) is 3.97. The molecule has 2 fully saturated rings. The average Bonchev–Trinajstić information content (AvgIpc) is 3.08.